The van der Waals surface area contributed by atoms with E-state index in [-0.39, 0.29) is 11.9 Å². The molecule has 0 heterocycles. The van der Waals surface area contributed by atoms with E-state index >= 15 is 0 Å². The summed E-state index contributed by atoms with van der Waals surface area (Å²) in [5.74, 6) is 0.606. The molecule has 0 bridgehead atoms. The second kappa shape index (κ2) is 8.67. The van der Waals surface area contributed by atoms with E-state index in [1.807, 2.05) is 32.0 Å². The zero-order chi connectivity index (χ0) is 15.8. The first kappa shape index (κ1) is 17.5. The van der Waals surface area contributed by atoms with Crippen LogP contribution in [0.1, 0.15) is 57.2 Å². The third kappa shape index (κ3) is 5.76. The van der Waals surface area contributed by atoms with Gasteiger partial charge in [0.05, 0.1) is 0 Å². The maximum Gasteiger partial charge on any atom is 0.260 e. The summed E-state index contributed by atoms with van der Waals surface area (Å²) in [5, 5.41) is 2.90. The lowest BCUT2D eigenvalue weighted by Gasteiger charge is -2.19. The standard InChI is InChI=1S/C17H28N2O2/c1-5-6-7-10-19-17(20)14(4)21-16-9-8-12(2)11-15(16)13(3)18/h8-9,11,13-14H,5-7,10,18H2,1-4H3,(H,19,20)/t13-,14?/m0/s1. The highest BCUT2D eigenvalue weighted by atomic mass is 16.5. The van der Waals surface area contributed by atoms with Gasteiger partial charge in [-0.1, -0.05) is 37.5 Å². The Morgan fingerprint density at radius 3 is 2.67 bits per heavy atom. The van der Waals surface area contributed by atoms with Gasteiger partial charge < -0.3 is 15.8 Å². The van der Waals surface area contributed by atoms with Gasteiger partial charge in [0, 0.05) is 18.2 Å². The van der Waals surface area contributed by atoms with Crippen molar-refractivity contribution >= 4 is 5.91 Å². The molecule has 0 aliphatic rings. The summed E-state index contributed by atoms with van der Waals surface area (Å²) in [7, 11) is 0. The number of amides is 1. The van der Waals surface area contributed by atoms with Crippen molar-refractivity contribution in [3.63, 3.8) is 0 Å². The second-order valence-corrected chi connectivity index (χ2v) is 5.59. The Bertz CT molecular complexity index is 458. The topological polar surface area (TPSA) is 64.3 Å². The molecule has 118 valence electrons. The van der Waals surface area contributed by atoms with Crippen LogP contribution >= 0.6 is 0 Å². The van der Waals surface area contributed by atoms with Crippen LogP contribution in [-0.4, -0.2) is 18.6 Å². The van der Waals surface area contributed by atoms with E-state index in [1.54, 1.807) is 6.92 Å². The van der Waals surface area contributed by atoms with E-state index in [2.05, 4.69) is 12.2 Å². The van der Waals surface area contributed by atoms with Crippen molar-refractivity contribution in [2.75, 3.05) is 6.54 Å². The molecule has 0 saturated heterocycles. The van der Waals surface area contributed by atoms with Crippen molar-refractivity contribution in [1.82, 2.24) is 5.32 Å². The molecule has 0 saturated carbocycles. The summed E-state index contributed by atoms with van der Waals surface area (Å²) in [6.07, 6.45) is 2.75. The first-order chi connectivity index (χ1) is 9.95. The molecule has 4 nitrogen and oxygen atoms in total. The van der Waals surface area contributed by atoms with Gasteiger partial charge in [0.25, 0.3) is 5.91 Å². The molecule has 0 aliphatic heterocycles. The third-order valence-corrected chi connectivity index (χ3v) is 3.41. The van der Waals surface area contributed by atoms with Crippen LogP contribution in [0.4, 0.5) is 0 Å². The largest absolute Gasteiger partial charge is 0.481 e. The Balaban J connectivity index is 2.61. The zero-order valence-electron chi connectivity index (χ0n) is 13.6. The van der Waals surface area contributed by atoms with Crippen LogP contribution in [0.25, 0.3) is 0 Å². The first-order valence-electron chi connectivity index (χ1n) is 7.76. The van der Waals surface area contributed by atoms with Crippen LogP contribution in [0.15, 0.2) is 18.2 Å². The fourth-order valence-electron chi connectivity index (χ4n) is 2.11. The van der Waals surface area contributed by atoms with Crippen LogP contribution in [0, 0.1) is 6.92 Å². The van der Waals surface area contributed by atoms with Gasteiger partial charge in [-0.2, -0.15) is 0 Å². The third-order valence-electron chi connectivity index (χ3n) is 3.41. The number of hydrogen-bond donors (Lipinski definition) is 2. The number of nitrogens with one attached hydrogen (secondary N) is 1. The number of carbonyl (C=O) groups is 1. The van der Waals surface area contributed by atoms with Crippen molar-refractivity contribution in [2.24, 2.45) is 5.73 Å². The zero-order valence-corrected chi connectivity index (χ0v) is 13.6. The van der Waals surface area contributed by atoms with E-state index in [1.165, 1.54) is 0 Å². The first-order valence-corrected chi connectivity index (χ1v) is 7.76. The fourth-order valence-corrected chi connectivity index (χ4v) is 2.11. The SMILES string of the molecule is CCCCCNC(=O)C(C)Oc1ccc(C)cc1[C@H](C)N. The molecule has 0 aliphatic carbocycles. The molecule has 4 heteroatoms. The number of ether oxygens (including phenoxy) is 1. The highest BCUT2D eigenvalue weighted by Crippen LogP contribution is 2.25. The molecular weight excluding hydrogens is 264 g/mol. The monoisotopic (exact) mass is 292 g/mol. The predicted molar refractivity (Wildman–Crippen MR) is 86.4 cm³/mol. The Morgan fingerprint density at radius 1 is 1.33 bits per heavy atom. The molecule has 0 aromatic heterocycles. The van der Waals surface area contributed by atoms with Gasteiger partial charge in [-0.15, -0.1) is 0 Å². The molecule has 2 atom stereocenters. The summed E-state index contributed by atoms with van der Waals surface area (Å²) < 4.78 is 5.79. The normalized spacial score (nSPS) is 13.6. The van der Waals surface area contributed by atoms with Gasteiger partial charge in [-0.3, -0.25) is 4.79 Å². The minimum Gasteiger partial charge on any atom is -0.481 e. The van der Waals surface area contributed by atoms with Crippen molar-refractivity contribution in [3.05, 3.63) is 29.3 Å². The van der Waals surface area contributed by atoms with E-state index in [0.29, 0.717) is 12.3 Å². The summed E-state index contributed by atoms with van der Waals surface area (Å²) in [6.45, 7) is 8.53. The van der Waals surface area contributed by atoms with Crippen LogP contribution in [0.3, 0.4) is 0 Å². The van der Waals surface area contributed by atoms with Crippen molar-refractivity contribution in [1.29, 1.82) is 0 Å². The van der Waals surface area contributed by atoms with Crippen LogP contribution in [0.2, 0.25) is 0 Å². The highest BCUT2D eigenvalue weighted by Gasteiger charge is 2.17. The molecule has 0 radical (unpaired) electrons. The summed E-state index contributed by atoms with van der Waals surface area (Å²) >= 11 is 0. The fraction of sp³-hybridized carbons (Fsp3) is 0.588. The summed E-state index contributed by atoms with van der Waals surface area (Å²) in [4.78, 5) is 12.0. The number of unbranched alkanes of at least 4 members (excludes halogenated alkanes) is 2. The van der Waals surface area contributed by atoms with Crippen molar-refractivity contribution in [3.8, 4) is 5.75 Å². The average molecular weight is 292 g/mol. The summed E-state index contributed by atoms with van der Waals surface area (Å²) in [6, 6.07) is 5.73. The van der Waals surface area contributed by atoms with E-state index < -0.39 is 6.10 Å². The average Bonchev–Trinajstić information content (AvgIpc) is 2.44. The minimum absolute atomic E-state index is 0.0812. The molecule has 1 aromatic carbocycles. The molecule has 0 spiro atoms. The van der Waals surface area contributed by atoms with Gasteiger partial charge in [0.2, 0.25) is 0 Å². The van der Waals surface area contributed by atoms with E-state index in [4.69, 9.17) is 10.5 Å². The van der Waals surface area contributed by atoms with Gasteiger partial charge in [0.1, 0.15) is 5.75 Å². The summed E-state index contributed by atoms with van der Waals surface area (Å²) in [5.41, 5.74) is 8.03. The molecule has 1 unspecified atom stereocenters. The van der Waals surface area contributed by atoms with Crippen molar-refractivity contribution in [2.45, 2.75) is 59.1 Å². The van der Waals surface area contributed by atoms with Crippen molar-refractivity contribution < 1.29 is 9.53 Å². The van der Waals surface area contributed by atoms with Gasteiger partial charge in [-0.25, -0.2) is 0 Å². The van der Waals surface area contributed by atoms with Crippen LogP contribution in [-0.2, 0) is 4.79 Å². The molecule has 1 aromatic rings. The number of nitrogens with two attached hydrogens (primary N) is 1. The smallest absolute Gasteiger partial charge is 0.260 e. The predicted octanol–water partition coefficient (Wildman–Crippen LogP) is 3.09. The number of rotatable bonds is 8. The van der Waals surface area contributed by atoms with E-state index in [0.717, 1.165) is 30.4 Å². The minimum atomic E-state index is -0.521. The maximum absolute atomic E-state index is 12.0. The molecular formula is C17H28N2O2. The Labute approximate surface area is 128 Å². The lowest BCUT2D eigenvalue weighted by molar-refractivity contribution is -0.127. The number of aryl methyl sites for hydroxylation is 1. The molecule has 1 rings (SSSR count). The van der Waals surface area contributed by atoms with Crippen LogP contribution in [0.5, 0.6) is 5.75 Å². The molecule has 3 N–H and O–H groups in total. The quantitative estimate of drug-likeness (QED) is 0.724. The Hall–Kier alpha value is -1.55. The number of benzene rings is 1. The highest BCUT2D eigenvalue weighted by molar-refractivity contribution is 5.80. The van der Waals surface area contributed by atoms with E-state index in [9.17, 15) is 4.79 Å². The number of hydrogen-bond acceptors (Lipinski definition) is 3. The maximum atomic E-state index is 12.0. The Kier molecular flexibility index (Phi) is 7.23. The molecule has 0 fully saturated rings. The number of carbonyl (C=O) groups excluding carboxylic acids is 1. The van der Waals surface area contributed by atoms with Gasteiger partial charge in [-0.05, 0) is 33.3 Å². The lowest BCUT2D eigenvalue weighted by Crippen LogP contribution is -2.37. The Morgan fingerprint density at radius 2 is 2.05 bits per heavy atom. The molecule has 1 amide bonds. The van der Waals surface area contributed by atoms with Gasteiger partial charge >= 0.3 is 0 Å². The van der Waals surface area contributed by atoms with Gasteiger partial charge in [0.15, 0.2) is 6.10 Å². The lowest BCUT2D eigenvalue weighted by atomic mass is 10.1. The van der Waals surface area contributed by atoms with Crippen LogP contribution < -0.4 is 15.8 Å². The second-order valence-electron chi connectivity index (χ2n) is 5.59. The molecule has 21 heavy (non-hydrogen) atoms.